The van der Waals surface area contributed by atoms with E-state index >= 15 is 0 Å². The number of anilines is 1. The summed E-state index contributed by atoms with van der Waals surface area (Å²) >= 11 is 0. The molecule has 1 fully saturated rings. The van der Waals surface area contributed by atoms with Crippen LogP contribution in [-0.4, -0.2) is 60.6 Å². The summed E-state index contributed by atoms with van der Waals surface area (Å²) in [7, 11) is 0. The highest BCUT2D eigenvalue weighted by Gasteiger charge is 2.23. The topological polar surface area (TPSA) is 77.0 Å². The fourth-order valence-electron chi connectivity index (χ4n) is 4.57. The number of nitrogens with zero attached hydrogens (tertiary/aromatic N) is 4. The molecule has 0 bridgehead atoms. The Morgan fingerprint density at radius 2 is 1.57 bits per heavy atom. The summed E-state index contributed by atoms with van der Waals surface area (Å²) in [6, 6.07) is 27.5. The summed E-state index contributed by atoms with van der Waals surface area (Å²) in [5, 5.41) is 8.84. The molecule has 6 rings (SSSR count). The first-order valence-electron chi connectivity index (χ1n) is 12.3. The van der Waals surface area contributed by atoms with Gasteiger partial charge in [-0.1, -0.05) is 48.5 Å². The SMILES string of the molecule is O=C(COc1ccccc1-c1ccccc1)N1CCN(c2ccc(-c3ccc4c(c3)OCO4)nn2)CC1. The number of hydrogen-bond donors (Lipinski definition) is 0. The Labute approximate surface area is 215 Å². The lowest BCUT2D eigenvalue weighted by atomic mass is 10.1. The van der Waals surface area contributed by atoms with Crippen molar-refractivity contribution < 1.29 is 19.0 Å². The van der Waals surface area contributed by atoms with E-state index in [1.807, 2.05) is 89.8 Å². The summed E-state index contributed by atoms with van der Waals surface area (Å²) in [6.07, 6.45) is 0. The van der Waals surface area contributed by atoms with Gasteiger partial charge >= 0.3 is 0 Å². The summed E-state index contributed by atoms with van der Waals surface area (Å²) in [5.41, 5.74) is 3.73. The quantitative estimate of drug-likeness (QED) is 0.396. The van der Waals surface area contributed by atoms with Crippen LogP contribution in [0.4, 0.5) is 5.82 Å². The zero-order valence-corrected chi connectivity index (χ0v) is 20.2. The molecule has 3 heterocycles. The molecule has 3 aromatic carbocycles. The van der Waals surface area contributed by atoms with Crippen LogP contribution in [0, 0.1) is 0 Å². The van der Waals surface area contributed by atoms with Gasteiger partial charge in [0.1, 0.15) is 5.75 Å². The molecule has 2 aliphatic heterocycles. The van der Waals surface area contributed by atoms with Crippen molar-refractivity contribution in [1.82, 2.24) is 15.1 Å². The van der Waals surface area contributed by atoms with Gasteiger partial charge in [0.05, 0.1) is 5.69 Å². The summed E-state index contributed by atoms with van der Waals surface area (Å²) in [4.78, 5) is 16.9. The van der Waals surface area contributed by atoms with Gasteiger partial charge in [-0.3, -0.25) is 4.79 Å². The average Bonchev–Trinajstić information content (AvgIpc) is 3.45. The number of piperazine rings is 1. The van der Waals surface area contributed by atoms with Crippen LogP contribution in [0.1, 0.15) is 0 Å². The first-order valence-corrected chi connectivity index (χ1v) is 12.3. The molecule has 0 saturated carbocycles. The number of amides is 1. The zero-order chi connectivity index (χ0) is 25.0. The van der Waals surface area contributed by atoms with Gasteiger partial charge in [-0.25, -0.2) is 0 Å². The Bertz CT molecular complexity index is 1390. The largest absolute Gasteiger partial charge is 0.483 e. The molecule has 8 nitrogen and oxygen atoms in total. The number of carbonyl (C=O) groups excluding carboxylic acids is 1. The van der Waals surface area contributed by atoms with Gasteiger partial charge in [-0.05, 0) is 42.0 Å². The average molecular weight is 495 g/mol. The third kappa shape index (κ3) is 4.91. The van der Waals surface area contributed by atoms with Crippen LogP contribution < -0.4 is 19.1 Å². The minimum atomic E-state index is -0.0215. The number of para-hydroxylation sites is 1. The molecule has 1 aromatic heterocycles. The third-order valence-electron chi connectivity index (χ3n) is 6.60. The van der Waals surface area contributed by atoms with Gasteiger partial charge in [0.2, 0.25) is 6.79 Å². The van der Waals surface area contributed by atoms with E-state index in [2.05, 4.69) is 15.1 Å². The number of benzene rings is 3. The Morgan fingerprint density at radius 1 is 0.784 bits per heavy atom. The second-order valence-electron chi connectivity index (χ2n) is 8.86. The number of fused-ring (bicyclic) bond motifs is 1. The van der Waals surface area contributed by atoms with Crippen LogP contribution in [-0.2, 0) is 4.79 Å². The van der Waals surface area contributed by atoms with E-state index in [4.69, 9.17) is 14.2 Å². The molecule has 8 heteroatoms. The van der Waals surface area contributed by atoms with E-state index < -0.39 is 0 Å². The molecular weight excluding hydrogens is 468 g/mol. The molecule has 0 unspecified atom stereocenters. The number of aromatic nitrogens is 2. The molecule has 37 heavy (non-hydrogen) atoms. The van der Waals surface area contributed by atoms with E-state index in [1.54, 1.807) is 0 Å². The molecule has 0 atom stereocenters. The number of carbonyl (C=O) groups is 1. The van der Waals surface area contributed by atoms with Gasteiger partial charge in [0.15, 0.2) is 23.9 Å². The molecule has 1 saturated heterocycles. The number of ether oxygens (including phenoxy) is 3. The molecule has 0 N–H and O–H groups in total. The highest BCUT2D eigenvalue weighted by molar-refractivity contribution is 5.79. The van der Waals surface area contributed by atoms with E-state index in [0.717, 1.165) is 39.7 Å². The smallest absolute Gasteiger partial charge is 0.260 e. The lowest BCUT2D eigenvalue weighted by Crippen LogP contribution is -2.50. The van der Waals surface area contributed by atoms with Gasteiger partial charge < -0.3 is 24.0 Å². The van der Waals surface area contributed by atoms with Crippen molar-refractivity contribution in [2.45, 2.75) is 0 Å². The van der Waals surface area contributed by atoms with Crippen LogP contribution in [0.3, 0.4) is 0 Å². The predicted molar refractivity (Wildman–Crippen MR) is 140 cm³/mol. The first kappa shape index (κ1) is 22.8. The number of rotatable bonds is 6. The Kier molecular flexibility index (Phi) is 6.29. The van der Waals surface area contributed by atoms with Crippen molar-refractivity contribution in [2.24, 2.45) is 0 Å². The second-order valence-corrected chi connectivity index (χ2v) is 8.86. The van der Waals surface area contributed by atoms with E-state index in [1.165, 1.54) is 0 Å². The fraction of sp³-hybridized carbons (Fsp3) is 0.207. The van der Waals surface area contributed by atoms with Crippen LogP contribution in [0.25, 0.3) is 22.4 Å². The maximum Gasteiger partial charge on any atom is 0.260 e. The molecule has 0 radical (unpaired) electrons. The van der Waals surface area contributed by atoms with E-state index in [-0.39, 0.29) is 19.3 Å². The van der Waals surface area contributed by atoms with Crippen LogP contribution in [0.5, 0.6) is 17.2 Å². The Balaban J connectivity index is 1.04. The minimum absolute atomic E-state index is 0.00782. The standard InChI is InChI=1S/C29H26N4O4/c34-29(19-35-25-9-5-4-8-23(25)21-6-2-1-3-7-21)33-16-14-32(15-17-33)28-13-11-24(30-31-28)22-10-12-26-27(18-22)37-20-36-26/h1-13,18H,14-17,19-20H2. The number of hydrogen-bond acceptors (Lipinski definition) is 7. The van der Waals surface area contributed by atoms with E-state index in [9.17, 15) is 4.79 Å². The van der Waals surface area contributed by atoms with Crippen molar-refractivity contribution in [1.29, 1.82) is 0 Å². The van der Waals surface area contributed by atoms with Gasteiger partial charge in [-0.2, -0.15) is 0 Å². The van der Waals surface area contributed by atoms with E-state index in [0.29, 0.717) is 31.9 Å². The molecule has 186 valence electrons. The maximum atomic E-state index is 12.9. The lowest BCUT2D eigenvalue weighted by molar-refractivity contribution is -0.133. The highest BCUT2D eigenvalue weighted by atomic mass is 16.7. The third-order valence-corrected chi connectivity index (χ3v) is 6.60. The van der Waals surface area contributed by atoms with Crippen LogP contribution in [0.15, 0.2) is 84.9 Å². The second kappa shape index (κ2) is 10.2. The minimum Gasteiger partial charge on any atom is -0.483 e. The zero-order valence-electron chi connectivity index (χ0n) is 20.2. The van der Waals surface area contributed by atoms with Crippen molar-refractivity contribution in [3.63, 3.8) is 0 Å². The van der Waals surface area contributed by atoms with Gasteiger partial charge in [-0.15, -0.1) is 10.2 Å². The van der Waals surface area contributed by atoms with Crippen LogP contribution >= 0.6 is 0 Å². The first-order chi connectivity index (χ1) is 18.2. The Morgan fingerprint density at radius 3 is 2.38 bits per heavy atom. The molecule has 4 aromatic rings. The highest BCUT2D eigenvalue weighted by Crippen LogP contribution is 2.35. The Hall–Kier alpha value is -4.59. The molecule has 1 amide bonds. The summed E-state index contributed by atoms with van der Waals surface area (Å²) in [5.74, 6) is 2.94. The van der Waals surface area contributed by atoms with Crippen molar-refractivity contribution in [3.8, 4) is 39.6 Å². The monoisotopic (exact) mass is 494 g/mol. The fourth-order valence-corrected chi connectivity index (χ4v) is 4.57. The normalized spacial score (nSPS) is 14.5. The predicted octanol–water partition coefficient (Wildman–Crippen LogP) is 4.27. The van der Waals surface area contributed by atoms with Crippen molar-refractivity contribution >= 4 is 11.7 Å². The van der Waals surface area contributed by atoms with Crippen molar-refractivity contribution in [3.05, 3.63) is 84.9 Å². The van der Waals surface area contributed by atoms with Crippen LogP contribution in [0.2, 0.25) is 0 Å². The summed E-state index contributed by atoms with van der Waals surface area (Å²) < 4.78 is 16.8. The molecular formula is C29H26N4O4. The maximum absolute atomic E-state index is 12.9. The molecule has 0 aliphatic carbocycles. The van der Waals surface area contributed by atoms with Gasteiger partial charge in [0, 0.05) is 37.3 Å². The molecule has 0 spiro atoms. The summed E-state index contributed by atoms with van der Waals surface area (Å²) in [6.45, 7) is 2.83. The lowest BCUT2D eigenvalue weighted by Gasteiger charge is -2.35. The van der Waals surface area contributed by atoms with Gasteiger partial charge in [0.25, 0.3) is 5.91 Å². The molecule has 2 aliphatic rings. The van der Waals surface area contributed by atoms with Crippen molar-refractivity contribution in [2.75, 3.05) is 44.5 Å².